The minimum atomic E-state index is 0.346. The van der Waals surface area contributed by atoms with Gasteiger partial charge < -0.3 is 10.1 Å². The molecule has 100 valence electrons. The van der Waals surface area contributed by atoms with E-state index in [-0.39, 0.29) is 0 Å². The number of aromatic nitrogens is 2. The van der Waals surface area contributed by atoms with Crippen molar-refractivity contribution in [2.75, 3.05) is 11.9 Å². The summed E-state index contributed by atoms with van der Waals surface area (Å²) in [7, 11) is 0. The lowest BCUT2D eigenvalue weighted by Gasteiger charge is -2.10. The van der Waals surface area contributed by atoms with E-state index in [1.165, 1.54) is 5.56 Å². The second kappa shape index (κ2) is 5.47. The molecule has 0 amide bonds. The lowest BCUT2D eigenvalue weighted by molar-refractivity contribution is 0.354. The highest BCUT2D eigenvalue weighted by atomic mass is 79.9. The predicted molar refractivity (Wildman–Crippen MR) is 77.4 cm³/mol. The molecule has 1 aliphatic heterocycles. The molecule has 3 rings (SSSR count). The number of nitrogens with zero attached hydrogens (tertiary/aromatic N) is 3. The van der Waals surface area contributed by atoms with Crippen LogP contribution in [0.3, 0.4) is 0 Å². The molecule has 0 fully saturated rings. The molecule has 1 aliphatic rings. The summed E-state index contributed by atoms with van der Waals surface area (Å²) in [6, 6.07) is 7.67. The van der Waals surface area contributed by atoms with Crippen LogP contribution in [0.2, 0.25) is 0 Å². The van der Waals surface area contributed by atoms with Gasteiger partial charge in [-0.3, -0.25) is 0 Å². The number of hydrogen-bond acceptors (Lipinski definition) is 5. The Labute approximate surface area is 124 Å². The van der Waals surface area contributed by atoms with Gasteiger partial charge in [-0.15, -0.1) is 0 Å². The standard InChI is InChI=1S/C14H11BrN4O/c15-11-5-9-2-4-20-13(9)10(6-11)8-18-14-17-3-1-12(7-16)19-14/h1,3,5-6H,2,4,8H2,(H,17,18,19). The maximum Gasteiger partial charge on any atom is 0.224 e. The molecule has 0 bridgehead atoms. The number of anilines is 1. The maximum atomic E-state index is 8.82. The van der Waals surface area contributed by atoms with E-state index in [4.69, 9.17) is 10.00 Å². The molecule has 0 atom stereocenters. The quantitative estimate of drug-likeness (QED) is 0.936. The van der Waals surface area contributed by atoms with Crippen molar-refractivity contribution >= 4 is 21.9 Å². The minimum Gasteiger partial charge on any atom is -0.493 e. The van der Waals surface area contributed by atoms with Crippen molar-refractivity contribution in [3.8, 4) is 11.8 Å². The van der Waals surface area contributed by atoms with Crippen LogP contribution < -0.4 is 10.1 Å². The van der Waals surface area contributed by atoms with Crippen LogP contribution in [0.15, 0.2) is 28.9 Å². The monoisotopic (exact) mass is 330 g/mol. The van der Waals surface area contributed by atoms with Gasteiger partial charge in [0.25, 0.3) is 0 Å². The van der Waals surface area contributed by atoms with Gasteiger partial charge in [-0.1, -0.05) is 15.9 Å². The first-order valence-corrected chi connectivity index (χ1v) is 6.96. The second-order valence-corrected chi connectivity index (χ2v) is 5.30. The van der Waals surface area contributed by atoms with Crippen LogP contribution in [-0.4, -0.2) is 16.6 Å². The summed E-state index contributed by atoms with van der Waals surface area (Å²) in [4.78, 5) is 8.18. The van der Waals surface area contributed by atoms with E-state index in [1.807, 2.05) is 12.1 Å². The maximum absolute atomic E-state index is 8.82. The van der Waals surface area contributed by atoms with Crippen LogP contribution in [0.25, 0.3) is 0 Å². The van der Waals surface area contributed by atoms with Gasteiger partial charge in [0.2, 0.25) is 5.95 Å². The van der Waals surface area contributed by atoms with Gasteiger partial charge in [0.15, 0.2) is 0 Å². The van der Waals surface area contributed by atoms with Crippen molar-refractivity contribution in [2.45, 2.75) is 13.0 Å². The minimum absolute atomic E-state index is 0.346. The number of benzene rings is 1. The molecule has 2 aromatic rings. The Kier molecular flexibility index (Phi) is 3.52. The van der Waals surface area contributed by atoms with Crippen LogP contribution in [0.1, 0.15) is 16.8 Å². The first kappa shape index (κ1) is 12.9. The second-order valence-electron chi connectivity index (χ2n) is 4.38. The van der Waals surface area contributed by atoms with E-state index in [2.05, 4.69) is 37.3 Å². The molecule has 0 aliphatic carbocycles. The van der Waals surface area contributed by atoms with Gasteiger partial charge in [-0.2, -0.15) is 5.26 Å². The highest BCUT2D eigenvalue weighted by molar-refractivity contribution is 9.10. The van der Waals surface area contributed by atoms with Crippen molar-refractivity contribution in [3.05, 3.63) is 45.7 Å². The van der Waals surface area contributed by atoms with E-state index in [9.17, 15) is 0 Å². The highest BCUT2D eigenvalue weighted by Crippen LogP contribution is 2.33. The summed E-state index contributed by atoms with van der Waals surface area (Å²) in [5, 5.41) is 11.9. The van der Waals surface area contributed by atoms with Gasteiger partial charge >= 0.3 is 0 Å². The summed E-state index contributed by atoms with van der Waals surface area (Å²) in [5.41, 5.74) is 2.61. The number of nitrogens with one attached hydrogen (secondary N) is 1. The average molecular weight is 331 g/mol. The van der Waals surface area contributed by atoms with E-state index >= 15 is 0 Å². The number of ether oxygens (including phenoxy) is 1. The number of hydrogen-bond donors (Lipinski definition) is 1. The Morgan fingerprint density at radius 3 is 3.20 bits per heavy atom. The third-order valence-corrected chi connectivity index (χ3v) is 3.49. The van der Waals surface area contributed by atoms with Gasteiger partial charge in [-0.25, -0.2) is 9.97 Å². The van der Waals surface area contributed by atoms with Crippen LogP contribution >= 0.6 is 15.9 Å². The van der Waals surface area contributed by atoms with E-state index in [0.717, 1.165) is 28.8 Å². The molecule has 0 radical (unpaired) electrons. The number of halogens is 1. The van der Waals surface area contributed by atoms with Gasteiger partial charge in [-0.05, 0) is 23.8 Å². The molecule has 0 unspecified atom stereocenters. The van der Waals surface area contributed by atoms with Crippen molar-refractivity contribution in [1.82, 2.24) is 9.97 Å². The first-order chi connectivity index (χ1) is 9.76. The summed E-state index contributed by atoms with van der Waals surface area (Å²) >= 11 is 3.51. The summed E-state index contributed by atoms with van der Waals surface area (Å²) in [6.07, 6.45) is 2.50. The lowest BCUT2D eigenvalue weighted by Crippen LogP contribution is -2.05. The third-order valence-electron chi connectivity index (χ3n) is 3.03. The number of nitriles is 1. The van der Waals surface area contributed by atoms with Crippen LogP contribution in [0.4, 0.5) is 5.95 Å². The SMILES string of the molecule is N#Cc1ccnc(NCc2cc(Br)cc3c2OCC3)n1. The molecule has 6 heteroatoms. The Morgan fingerprint density at radius 2 is 2.35 bits per heavy atom. The highest BCUT2D eigenvalue weighted by Gasteiger charge is 2.17. The van der Waals surface area contributed by atoms with Crippen molar-refractivity contribution in [3.63, 3.8) is 0 Å². The molecule has 20 heavy (non-hydrogen) atoms. The largest absolute Gasteiger partial charge is 0.493 e. The zero-order chi connectivity index (χ0) is 13.9. The Balaban J connectivity index is 1.80. The van der Waals surface area contributed by atoms with Gasteiger partial charge in [0.05, 0.1) is 6.61 Å². The van der Waals surface area contributed by atoms with Gasteiger partial charge in [0.1, 0.15) is 17.5 Å². The zero-order valence-corrected chi connectivity index (χ0v) is 12.1. The molecule has 0 saturated heterocycles. The Bertz CT molecular complexity index is 696. The fourth-order valence-electron chi connectivity index (χ4n) is 2.16. The molecular weight excluding hydrogens is 320 g/mol. The Hall–Kier alpha value is -2.13. The Morgan fingerprint density at radius 1 is 1.45 bits per heavy atom. The molecule has 5 nitrogen and oxygen atoms in total. The van der Waals surface area contributed by atoms with Crippen molar-refractivity contribution in [2.24, 2.45) is 0 Å². The summed E-state index contributed by atoms with van der Waals surface area (Å²) < 4.78 is 6.70. The van der Waals surface area contributed by atoms with Crippen LogP contribution in [0, 0.1) is 11.3 Å². The van der Waals surface area contributed by atoms with E-state index < -0.39 is 0 Å². The molecule has 2 heterocycles. The molecule has 1 aromatic heterocycles. The number of rotatable bonds is 3. The van der Waals surface area contributed by atoms with Crippen molar-refractivity contribution < 1.29 is 4.74 Å². The first-order valence-electron chi connectivity index (χ1n) is 6.17. The van der Waals surface area contributed by atoms with E-state index in [1.54, 1.807) is 12.3 Å². The predicted octanol–water partition coefficient (Wildman–Crippen LogP) is 2.66. The average Bonchev–Trinajstić information content (AvgIpc) is 2.93. The third kappa shape index (κ3) is 2.58. The topological polar surface area (TPSA) is 70.8 Å². The lowest BCUT2D eigenvalue weighted by atomic mass is 10.1. The fraction of sp³-hybridized carbons (Fsp3) is 0.214. The smallest absolute Gasteiger partial charge is 0.224 e. The number of fused-ring (bicyclic) bond motifs is 1. The summed E-state index contributed by atoms with van der Waals surface area (Å²) in [5.74, 6) is 1.38. The van der Waals surface area contributed by atoms with Crippen LogP contribution in [-0.2, 0) is 13.0 Å². The van der Waals surface area contributed by atoms with Crippen LogP contribution in [0.5, 0.6) is 5.75 Å². The zero-order valence-electron chi connectivity index (χ0n) is 10.6. The van der Waals surface area contributed by atoms with Gasteiger partial charge in [0, 0.05) is 29.2 Å². The normalized spacial score (nSPS) is 12.4. The van der Waals surface area contributed by atoms with E-state index in [0.29, 0.717) is 18.2 Å². The fourth-order valence-corrected chi connectivity index (χ4v) is 2.71. The van der Waals surface area contributed by atoms with Crippen molar-refractivity contribution in [1.29, 1.82) is 5.26 Å². The molecule has 0 spiro atoms. The molecule has 1 aromatic carbocycles. The molecule has 1 N–H and O–H groups in total. The molecule has 0 saturated carbocycles. The summed E-state index contributed by atoms with van der Waals surface area (Å²) in [6.45, 7) is 1.27. The molecular formula is C14H11BrN4O.